The van der Waals surface area contributed by atoms with Gasteiger partial charge in [-0.1, -0.05) is 6.92 Å². The zero-order valence-electron chi connectivity index (χ0n) is 10.1. The summed E-state index contributed by atoms with van der Waals surface area (Å²) >= 11 is 0. The molecule has 17 heavy (non-hydrogen) atoms. The minimum Gasteiger partial charge on any atom is -0.465 e. The van der Waals surface area contributed by atoms with Crippen molar-refractivity contribution in [2.75, 3.05) is 31.3 Å². The van der Waals surface area contributed by atoms with Crippen LogP contribution in [0.5, 0.6) is 0 Å². The van der Waals surface area contributed by atoms with E-state index in [1.165, 1.54) is 11.8 Å². The third kappa shape index (κ3) is 2.88. The van der Waals surface area contributed by atoms with Gasteiger partial charge in [0.25, 0.3) is 0 Å². The van der Waals surface area contributed by atoms with E-state index in [0.29, 0.717) is 12.4 Å². The molecule has 96 valence electrons. The molecular weight excluding hydrogens is 224 g/mol. The number of methoxy groups -OCH3 is 1. The van der Waals surface area contributed by atoms with Crippen molar-refractivity contribution < 1.29 is 14.6 Å². The summed E-state index contributed by atoms with van der Waals surface area (Å²) in [5.41, 5.74) is 6.00. The van der Waals surface area contributed by atoms with Crippen LogP contribution in [0.4, 0.5) is 11.6 Å². The van der Waals surface area contributed by atoms with Crippen molar-refractivity contribution in [2.24, 2.45) is 0 Å². The van der Waals surface area contributed by atoms with Crippen LogP contribution in [0.15, 0.2) is 0 Å². The molecule has 0 aliphatic heterocycles. The molecule has 1 heterocycles. The van der Waals surface area contributed by atoms with E-state index in [1.54, 1.807) is 0 Å². The minimum absolute atomic E-state index is 0.0975. The lowest BCUT2D eigenvalue weighted by Gasteiger charge is -2.03. The Morgan fingerprint density at radius 2 is 2.35 bits per heavy atom. The van der Waals surface area contributed by atoms with Crippen LogP contribution in [0, 0.1) is 0 Å². The summed E-state index contributed by atoms with van der Waals surface area (Å²) in [7, 11) is 1.29. The summed E-state index contributed by atoms with van der Waals surface area (Å²) in [6, 6.07) is 0. The van der Waals surface area contributed by atoms with Crippen LogP contribution in [-0.2, 0) is 11.3 Å². The first-order valence-electron chi connectivity index (χ1n) is 5.45. The van der Waals surface area contributed by atoms with Crippen molar-refractivity contribution >= 4 is 17.6 Å². The van der Waals surface area contributed by atoms with Gasteiger partial charge in [0.05, 0.1) is 20.3 Å². The normalized spacial score (nSPS) is 10.3. The smallest absolute Gasteiger partial charge is 0.345 e. The Hall–Kier alpha value is -1.76. The lowest BCUT2D eigenvalue weighted by atomic mass is 10.3. The Balaban J connectivity index is 3.07. The van der Waals surface area contributed by atoms with Gasteiger partial charge in [0.1, 0.15) is 11.4 Å². The highest BCUT2D eigenvalue weighted by molar-refractivity contribution is 5.99. The zero-order chi connectivity index (χ0) is 12.8. The maximum absolute atomic E-state index is 11.6. The van der Waals surface area contributed by atoms with Crippen LogP contribution in [0.25, 0.3) is 0 Å². The molecule has 1 aromatic rings. The second-order valence-corrected chi connectivity index (χ2v) is 3.47. The minimum atomic E-state index is -0.537. The lowest BCUT2D eigenvalue weighted by molar-refractivity contribution is 0.0603. The second kappa shape index (κ2) is 6.09. The van der Waals surface area contributed by atoms with Gasteiger partial charge in [-0.3, -0.25) is 0 Å². The molecule has 4 N–H and O–H groups in total. The number of hydrogen-bond donors (Lipinski definition) is 3. The molecule has 0 radical (unpaired) electrons. The summed E-state index contributed by atoms with van der Waals surface area (Å²) in [4.78, 5) is 11.6. The molecule has 1 rings (SSSR count). The molecule has 0 aromatic carbocycles. The van der Waals surface area contributed by atoms with Crippen LogP contribution in [0.3, 0.4) is 0 Å². The fraction of sp³-hybridized carbons (Fsp3) is 0.600. The van der Waals surface area contributed by atoms with E-state index in [4.69, 9.17) is 10.8 Å². The number of ether oxygens (including phenoxy) is 1. The van der Waals surface area contributed by atoms with Crippen LogP contribution >= 0.6 is 0 Å². The third-order valence-corrected chi connectivity index (χ3v) is 2.24. The van der Waals surface area contributed by atoms with E-state index in [0.717, 1.165) is 6.42 Å². The Bertz CT molecular complexity index is 389. The van der Waals surface area contributed by atoms with E-state index in [9.17, 15) is 4.79 Å². The Morgan fingerprint density at radius 3 is 2.88 bits per heavy atom. The summed E-state index contributed by atoms with van der Waals surface area (Å²) in [6.45, 7) is 2.82. The molecule has 1 aromatic heterocycles. The van der Waals surface area contributed by atoms with Gasteiger partial charge in [-0.05, 0) is 6.42 Å². The summed E-state index contributed by atoms with van der Waals surface area (Å²) in [5.74, 6) is 0.0550. The van der Waals surface area contributed by atoms with Gasteiger partial charge in [-0.2, -0.15) is 5.10 Å². The summed E-state index contributed by atoms with van der Waals surface area (Å²) in [6.07, 6.45) is 0.896. The van der Waals surface area contributed by atoms with Gasteiger partial charge >= 0.3 is 5.97 Å². The van der Waals surface area contributed by atoms with Gasteiger partial charge in [0.15, 0.2) is 5.82 Å². The molecule has 0 atom stereocenters. The first kappa shape index (κ1) is 13.3. The van der Waals surface area contributed by atoms with Crippen molar-refractivity contribution in [1.29, 1.82) is 0 Å². The maximum atomic E-state index is 11.6. The molecule has 0 aliphatic carbocycles. The highest BCUT2D eigenvalue weighted by atomic mass is 16.5. The van der Waals surface area contributed by atoms with Crippen LogP contribution in [0.2, 0.25) is 0 Å². The van der Waals surface area contributed by atoms with E-state index < -0.39 is 5.97 Å². The number of nitrogens with zero attached hydrogens (tertiary/aromatic N) is 2. The quantitative estimate of drug-likeness (QED) is 0.610. The number of nitrogens with one attached hydrogen (secondary N) is 1. The molecule has 0 saturated heterocycles. The lowest BCUT2D eigenvalue weighted by Crippen LogP contribution is -2.10. The number of carbonyl (C=O) groups is 1. The molecular formula is C10H18N4O3. The first-order chi connectivity index (χ1) is 8.15. The van der Waals surface area contributed by atoms with E-state index in [2.05, 4.69) is 15.2 Å². The zero-order valence-corrected chi connectivity index (χ0v) is 10.1. The average Bonchev–Trinajstić information content (AvgIpc) is 2.63. The van der Waals surface area contributed by atoms with Crippen molar-refractivity contribution in [2.45, 2.75) is 19.9 Å². The molecule has 0 bridgehead atoms. The van der Waals surface area contributed by atoms with E-state index in [-0.39, 0.29) is 24.5 Å². The fourth-order valence-electron chi connectivity index (χ4n) is 1.41. The second-order valence-electron chi connectivity index (χ2n) is 3.47. The first-order valence-corrected chi connectivity index (χ1v) is 5.45. The highest BCUT2D eigenvalue weighted by Gasteiger charge is 2.22. The Kier molecular flexibility index (Phi) is 4.77. The van der Waals surface area contributed by atoms with Crippen LogP contribution in [0.1, 0.15) is 23.7 Å². The average molecular weight is 242 g/mol. The molecule has 0 amide bonds. The number of aliphatic hydroxyl groups excluding tert-OH is 1. The van der Waals surface area contributed by atoms with Crippen molar-refractivity contribution in [1.82, 2.24) is 9.78 Å². The van der Waals surface area contributed by atoms with Crippen LogP contribution < -0.4 is 11.1 Å². The molecule has 0 spiro atoms. The van der Waals surface area contributed by atoms with E-state index >= 15 is 0 Å². The van der Waals surface area contributed by atoms with E-state index in [1.807, 2.05) is 6.92 Å². The summed E-state index contributed by atoms with van der Waals surface area (Å²) < 4.78 is 6.03. The standard InChI is InChI=1S/C10H18N4O3/c1-3-4-12-9-7(10(16)17-2)8(11)14(13-9)5-6-15/h15H,3-6,11H2,1-2H3,(H,12,13). The largest absolute Gasteiger partial charge is 0.465 e. The number of nitrogen functional groups attached to an aromatic ring is 1. The number of nitrogens with two attached hydrogens (primary N) is 1. The number of anilines is 2. The van der Waals surface area contributed by atoms with Crippen molar-refractivity contribution in [3.63, 3.8) is 0 Å². The molecule has 0 aliphatic rings. The summed E-state index contributed by atoms with van der Waals surface area (Å²) in [5, 5.41) is 16.0. The van der Waals surface area contributed by atoms with Crippen molar-refractivity contribution in [3.8, 4) is 0 Å². The van der Waals surface area contributed by atoms with Crippen LogP contribution in [-0.4, -0.2) is 41.1 Å². The third-order valence-electron chi connectivity index (χ3n) is 2.24. The number of rotatable bonds is 6. The highest BCUT2D eigenvalue weighted by Crippen LogP contribution is 2.22. The number of hydrogen-bond acceptors (Lipinski definition) is 6. The number of carbonyl (C=O) groups excluding carboxylic acids is 1. The molecule has 0 fully saturated rings. The number of aliphatic hydroxyl groups is 1. The van der Waals surface area contributed by atoms with Gasteiger partial charge in [0.2, 0.25) is 0 Å². The maximum Gasteiger partial charge on any atom is 0.345 e. The fourth-order valence-corrected chi connectivity index (χ4v) is 1.41. The molecule has 7 heteroatoms. The topological polar surface area (TPSA) is 102 Å². The number of esters is 1. The SMILES string of the molecule is CCCNc1nn(CCO)c(N)c1C(=O)OC. The molecule has 0 saturated carbocycles. The van der Waals surface area contributed by atoms with Crippen molar-refractivity contribution in [3.05, 3.63) is 5.56 Å². The van der Waals surface area contributed by atoms with Gasteiger partial charge < -0.3 is 20.9 Å². The van der Waals surface area contributed by atoms with Gasteiger partial charge in [-0.25, -0.2) is 9.48 Å². The predicted octanol–water partition coefficient (Wildman–Crippen LogP) is 0.0661. The predicted molar refractivity (Wildman–Crippen MR) is 63.8 cm³/mol. The number of aromatic nitrogens is 2. The Morgan fingerprint density at radius 1 is 1.65 bits per heavy atom. The molecule has 0 unspecified atom stereocenters. The molecule has 7 nitrogen and oxygen atoms in total. The van der Waals surface area contributed by atoms with Gasteiger partial charge in [-0.15, -0.1) is 0 Å². The van der Waals surface area contributed by atoms with Gasteiger partial charge in [0, 0.05) is 6.54 Å². The Labute approximate surface area is 99.6 Å². The monoisotopic (exact) mass is 242 g/mol.